The molecule has 0 spiro atoms. The molecule has 1 atom stereocenters. The van der Waals surface area contributed by atoms with Gasteiger partial charge < -0.3 is 5.11 Å². The minimum Gasteiger partial charge on any atom is -0.394 e. The third-order valence-corrected chi connectivity index (χ3v) is 2.88. The Kier molecular flexibility index (Phi) is 1.08. The van der Waals surface area contributed by atoms with Crippen LogP contribution in [0.4, 0.5) is 0 Å². The van der Waals surface area contributed by atoms with Gasteiger partial charge in [-0.15, -0.1) is 0 Å². The summed E-state index contributed by atoms with van der Waals surface area (Å²) in [6.07, 6.45) is 3.74. The van der Waals surface area contributed by atoms with Gasteiger partial charge in [0.25, 0.3) is 0 Å². The van der Waals surface area contributed by atoms with Crippen LogP contribution in [-0.4, -0.2) is 35.2 Å². The van der Waals surface area contributed by atoms with Gasteiger partial charge in [-0.1, -0.05) is 0 Å². The molecule has 0 aliphatic carbocycles. The molecule has 2 nitrogen and oxygen atoms in total. The van der Waals surface area contributed by atoms with Crippen molar-refractivity contribution in [1.82, 2.24) is 4.90 Å². The van der Waals surface area contributed by atoms with E-state index in [1.165, 1.54) is 32.4 Å². The van der Waals surface area contributed by atoms with Crippen LogP contribution < -0.4 is 0 Å². The van der Waals surface area contributed by atoms with Crippen molar-refractivity contribution in [3.8, 4) is 0 Å². The molecule has 2 fully saturated rings. The van der Waals surface area contributed by atoms with Gasteiger partial charge in [0.15, 0.2) is 0 Å². The smallest absolute Gasteiger partial charge is 0.0615 e. The molecule has 9 heavy (non-hydrogen) atoms. The predicted molar refractivity (Wildman–Crippen MR) is 35.2 cm³/mol. The van der Waals surface area contributed by atoms with E-state index in [9.17, 15) is 0 Å². The summed E-state index contributed by atoms with van der Waals surface area (Å²) in [6.45, 7) is 2.83. The molecule has 2 heteroatoms. The number of hydrogen-bond acceptors (Lipinski definition) is 2. The summed E-state index contributed by atoms with van der Waals surface area (Å²) >= 11 is 0. The predicted octanol–water partition coefficient (Wildman–Crippen LogP) is 0.217. The maximum Gasteiger partial charge on any atom is 0.0615 e. The van der Waals surface area contributed by atoms with Crippen molar-refractivity contribution in [3.05, 3.63) is 0 Å². The zero-order valence-electron chi connectivity index (χ0n) is 5.64. The molecule has 0 aromatic carbocycles. The van der Waals surface area contributed by atoms with E-state index in [0.29, 0.717) is 6.61 Å². The van der Waals surface area contributed by atoms with E-state index >= 15 is 0 Å². The van der Waals surface area contributed by atoms with Gasteiger partial charge in [0, 0.05) is 12.1 Å². The highest BCUT2D eigenvalue weighted by atomic mass is 16.3. The maximum atomic E-state index is 9.01. The molecule has 0 saturated carbocycles. The lowest BCUT2D eigenvalue weighted by Gasteiger charge is -2.47. The first kappa shape index (κ1) is 5.69. The van der Waals surface area contributed by atoms with Crippen LogP contribution in [0.5, 0.6) is 0 Å². The summed E-state index contributed by atoms with van der Waals surface area (Å²) in [6, 6.07) is 0. The van der Waals surface area contributed by atoms with Gasteiger partial charge in [-0.3, -0.25) is 4.90 Å². The largest absolute Gasteiger partial charge is 0.394 e. The Morgan fingerprint density at radius 3 is 2.56 bits per heavy atom. The average Bonchev–Trinajstić information content (AvgIpc) is 2.10. The van der Waals surface area contributed by atoms with Gasteiger partial charge in [0.2, 0.25) is 0 Å². The monoisotopic (exact) mass is 127 g/mol. The van der Waals surface area contributed by atoms with Gasteiger partial charge >= 0.3 is 0 Å². The summed E-state index contributed by atoms with van der Waals surface area (Å²) < 4.78 is 0. The third kappa shape index (κ3) is 0.578. The van der Waals surface area contributed by atoms with Crippen LogP contribution >= 0.6 is 0 Å². The topological polar surface area (TPSA) is 23.5 Å². The minimum atomic E-state index is 0.264. The fourth-order valence-electron chi connectivity index (χ4n) is 2.08. The maximum absolute atomic E-state index is 9.01. The van der Waals surface area contributed by atoms with E-state index in [4.69, 9.17) is 5.11 Å². The van der Waals surface area contributed by atoms with E-state index in [0.717, 1.165) is 0 Å². The minimum absolute atomic E-state index is 0.264. The molecule has 1 N–H and O–H groups in total. The van der Waals surface area contributed by atoms with E-state index in [-0.39, 0.29) is 5.54 Å². The van der Waals surface area contributed by atoms with Crippen LogP contribution in [0.3, 0.4) is 0 Å². The molecule has 2 saturated heterocycles. The Morgan fingerprint density at radius 1 is 1.33 bits per heavy atom. The first-order valence-corrected chi connectivity index (χ1v) is 3.73. The molecule has 52 valence electrons. The van der Waals surface area contributed by atoms with Crippen molar-refractivity contribution in [3.63, 3.8) is 0 Å². The number of aliphatic hydroxyl groups is 1. The lowest BCUT2D eigenvalue weighted by Crippen LogP contribution is -2.57. The zero-order valence-corrected chi connectivity index (χ0v) is 5.64. The van der Waals surface area contributed by atoms with Crippen LogP contribution in [0, 0.1) is 0 Å². The fraction of sp³-hybridized carbons (Fsp3) is 1.00. The number of aliphatic hydroxyl groups excluding tert-OH is 1. The Labute approximate surface area is 55.5 Å². The fourth-order valence-corrected chi connectivity index (χ4v) is 2.08. The van der Waals surface area contributed by atoms with Gasteiger partial charge in [-0.25, -0.2) is 0 Å². The summed E-state index contributed by atoms with van der Waals surface area (Å²) in [7, 11) is 0. The van der Waals surface area contributed by atoms with Crippen LogP contribution in [0.15, 0.2) is 0 Å². The van der Waals surface area contributed by atoms with Gasteiger partial charge in [0.05, 0.1) is 6.61 Å². The molecule has 2 rings (SSSR count). The molecule has 2 aliphatic heterocycles. The second-order valence-electron chi connectivity index (χ2n) is 3.22. The number of nitrogens with zero attached hydrogens (tertiary/aromatic N) is 1. The Bertz CT molecular complexity index is 122. The van der Waals surface area contributed by atoms with Gasteiger partial charge in [-0.2, -0.15) is 0 Å². The lowest BCUT2D eigenvalue weighted by molar-refractivity contribution is -0.0190. The molecule has 0 unspecified atom stereocenters. The van der Waals surface area contributed by atoms with Crippen LogP contribution in [0.1, 0.15) is 19.3 Å². The molecule has 0 aromatic heterocycles. The number of fused-ring (bicyclic) bond motifs is 1. The summed E-state index contributed by atoms with van der Waals surface area (Å²) in [4.78, 5) is 2.41. The first-order valence-electron chi connectivity index (χ1n) is 3.73. The third-order valence-electron chi connectivity index (χ3n) is 2.88. The quantitative estimate of drug-likeness (QED) is 0.544. The average molecular weight is 127 g/mol. The first-order chi connectivity index (χ1) is 4.37. The van der Waals surface area contributed by atoms with Crippen LogP contribution in [0.2, 0.25) is 0 Å². The Hall–Kier alpha value is -0.0800. The van der Waals surface area contributed by atoms with E-state index in [1.54, 1.807) is 0 Å². The second kappa shape index (κ2) is 1.70. The Balaban J connectivity index is 2.10. The van der Waals surface area contributed by atoms with Crippen molar-refractivity contribution >= 4 is 0 Å². The van der Waals surface area contributed by atoms with Gasteiger partial charge in [-0.05, 0) is 25.8 Å². The normalized spacial score (nSPS) is 42.3. The molecular weight excluding hydrogens is 114 g/mol. The Morgan fingerprint density at radius 2 is 2.22 bits per heavy atom. The molecule has 2 heterocycles. The van der Waals surface area contributed by atoms with E-state index in [1.807, 2.05) is 0 Å². The van der Waals surface area contributed by atoms with Crippen molar-refractivity contribution in [2.24, 2.45) is 0 Å². The van der Waals surface area contributed by atoms with Crippen molar-refractivity contribution < 1.29 is 5.11 Å². The van der Waals surface area contributed by atoms with E-state index in [2.05, 4.69) is 4.90 Å². The number of rotatable bonds is 1. The molecule has 0 bridgehead atoms. The molecule has 2 aliphatic rings. The second-order valence-corrected chi connectivity index (χ2v) is 3.22. The standard InChI is InChI=1S/C7H13NO/c9-6-7-2-1-4-8(7)5-3-7/h9H,1-6H2/t7-/m1/s1. The van der Waals surface area contributed by atoms with Crippen molar-refractivity contribution in [2.45, 2.75) is 24.8 Å². The highest BCUT2D eigenvalue weighted by Gasteiger charge is 2.46. The lowest BCUT2D eigenvalue weighted by atomic mass is 9.86. The van der Waals surface area contributed by atoms with Crippen molar-refractivity contribution in [2.75, 3.05) is 19.7 Å². The highest BCUT2D eigenvalue weighted by Crippen LogP contribution is 2.39. The summed E-state index contributed by atoms with van der Waals surface area (Å²) in [5.41, 5.74) is 0.264. The SMILES string of the molecule is OC[C@]12CCCN1CC2. The summed E-state index contributed by atoms with van der Waals surface area (Å²) in [5, 5.41) is 9.01. The van der Waals surface area contributed by atoms with Crippen LogP contribution in [-0.2, 0) is 0 Å². The van der Waals surface area contributed by atoms with Gasteiger partial charge in [0.1, 0.15) is 0 Å². The molecule has 0 aromatic rings. The molecular formula is C7H13NO. The molecule has 0 amide bonds. The summed E-state index contributed by atoms with van der Waals surface area (Å²) in [5.74, 6) is 0. The van der Waals surface area contributed by atoms with E-state index < -0.39 is 0 Å². The highest BCUT2D eigenvalue weighted by molar-refractivity contribution is 5.03. The molecule has 0 radical (unpaired) electrons. The number of hydrogen-bond donors (Lipinski definition) is 1. The van der Waals surface area contributed by atoms with Crippen molar-refractivity contribution in [1.29, 1.82) is 0 Å². The van der Waals surface area contributed by atoms with Crippen LogP contribution in [0.25, 0.3) is 0 Å². The zero-order chi connectivity index (χ0) is 6.32.